The predicted octanol–water partition coefficient (Wildman–Crippen LogP) is 13.8. The highest BCUT2D eigenvalue weighted by molar-refractivity contribution is 6.12. The molecule has 0 atom stereocenters. The van der Waals surface area contributed by atoms with Crippen molar-refractivity contribution in [1.82, 2.24) is 9.13 Å². The summed E-state index contributed by atoms with van der Waals surface area (Å²) in [5.74, 6) is -0.843. The van der Waals surface area contributed by atoms with Crippen LogP contribution < -0.4 is 0 Å². The third kappa shape index (κ3) is 5.84. The summed E-state index contributed by atoms with van der Waals surface area (Å²) in [6, 6.07) is 46.5. The Hall–Kier alpha value is -7.02. The van der Waals surface area contributed by atoms with Gasteiger partial charge in [0.15, 0.2) is 0 Å². The molecule has 0 unspecified atom stereocenters. The third-order valence-corrected chi connectivity index (χ3v) is 11.5. The maximum atomic E-state index is 15.5. The minimum atomic E-state index is -0.422. The Kier molecular flexibility index (Phi) is 8.39. The van der Waals surface area contributed by atoms with Gasteiger partial charge in [0, 0.05) is 32.7 Å². The molecule has 7 aromatic carbocycles. The Morgan fingerprint density at radius 2 is 0.759 bits per heavy atom. The molecule has 9 aromatic rings. The molecule has 2 heterocycles. The van der Waals surface area contributed by atoms with E-state index in [1.807, 2.05) is 47.0 Å². The molecule has 0 radical (unpaired) electrons. The Labute approximate surface area is 336 Å². The summed E-state index contributed by atoms with van der Waals surface area (Å²) in [6.07, 6.45) is 0. The van der Waals surface area contributed by atoms with E-state index < -0.39 is 11.6 Å². The fourth-order valence-corrected chi connectivity index (χ4v) is 8.45. The van der Waals surface area contributed by atoms with Crippen LogP contribution in [0.4, 0.5) is 8.78 Å². The van der Waals surface area contributed by atoms with Gasteiger partial charge >= 0.3 is 0 Å². The molecule has 9 rings (SSSR count). The molecule has 6 heteroatoms. The molecule has 0 aliphatic rings. The second-order valence-electron chi connectivity index (χ2n) is 17.2. The second kappa shape index (κ2) is 13.3. The standard InChI is InChI=1S/C52H40F2N4/c1-51(2,3)33-15-19-39-40-20-16-34(52(4,5)6)24-46(40)57(45(39)23-33)49-27-43(37-13-9-7-11-31(37)29-55)44(38-14-10-8-12-32(38)30-56)28-50(49)58-47-25-35(53)17-21-41(47)42-22-18-36(54)26-48(42)58/h7-28H,1-6H3. The smallest absolute Gasteiger partial charge is 0.125 e. The SMILES string of the molecule is CC(C)(C)c1ccc2c3ccc(C(C)(C)C)cc3n(-c3cc(-c4ccccc4C#N)c(-c4ccccc4C#N)cc3-n3c4cc(F)ccc4c4ccc(F)cc43)c2c1. The molecule has 2 aromatic heterocycles. The van der Waals surface area contributed by atoms with Crippen LogP contribution in [0.3, 0.4) is 0 Å². The fourth-order valence-electron chi connectivity index (χ4n) is 8.45. The van der Waals surface area contributed by atoms with E-state index in [9.17, 15) is 10.5 Å². The summed E-state index contributed by atoms with van der Waals surface area (Å²) in [5, 5.41) is 24.6. The first-order chi connectivity index (χ1) is 27.8. The van der Waals surface area contributed by atoms with Crippen molar-refractivity contribution >= 4 is 43.6 Å². The highest BCUT2D eigenvalue weighted by Crippen LogP contribution is 2.45. The quantitative estimate of drug-likeness (QED) is 0.179. The Balaban J connectivity index is 1.57. The number of fused-ring (bicyclic) bond motifs is 6. The zero-order valence-electron chi connectivity index (χ0n) is 33.2. The number of aromatic nitrogens is 2. The Morgan fingerprint density at radius 3 is 1.12 bits per heavy atom. The lowest BCUT2D eigenvalue weighted by molar-refractivity contribution is 0.591. The van der Waals surface area contributed by atoms with Crippen molar-refractivity contribution in [1.29, 1.82) is 10.5 Å². The monoisotopic (exact) mass is 758 g/mol. The van der Waals surface area contributed by atoms with Gasteiger partial charge in [-0.3, -0.25) is 0 Å². The molecule has 0 amide bonds. The highest BCUT2D eigenvalue weighted by Gasteiger charge is 2.26. The minimum Gasteiger partial charge on any atom is -0.307 e. The van der Waals surface area contributed by atoms with Gasteiger partial charge in [-0.25, -0.2) is 8.78 Å². The molecule has 0 N–H and O–H groups in total. The van der Waals surface area contributed by atoms with E-state index in [-0.39, 0.29) is 10.8 Å². The third-order valence-electron chi connectivity index (χ3n) is 11.5. The van der Waals surface area contributed by atoms with Crippen LogP contribution in [0.25, 0.3) is 77.2 Å². The van der Waals surface area contributed by atoms with E-state index in [1.54, 1.807) is 24.3 Å². The van der Waals surface area contributed by atoms with Crippen LogP contribution >= 0.6 is 0 Å². The van der Waals surface area contributed by atoms with Crippen molar-refractivity contribution in [2.24, 2.45) is 0 Å². The lowest BCUT2D eigenvalue weighted by atomic mass is 9.86. The number of nitriles is 2. The summed E-state index contributed by atoms with van der Waals surface area (Å²) in [5.41, 5.74) is 10.2. The first-order valence-corrected chi connectivity index (χ1v) is 19.4. The normalized spacial score (nSPS) is 12.1. The van der Waals surface area contributed by atoms with E-state index in [0.717, 1.165) is 55.0 Å². The van der Waals surface area contributed by atoms with Gasteiger partial charge in [0.05, 0.1) is 56.7 Å². The number of nitrogens with zero attached hydrogens (tertiary/aromatic N) is 4. The van der Waals surface area contributed by atoms with Gasteiger partial charge in [0.2, 0.25) is 0 Å². The van der Waals surface area contributed by atoms with E-state index in [1.165, 1.54) is 24.3 Å². The number of benzene rings is 7. The Bertz CT molecular complexity index is 3110. The molecule has 0 fully saturated rings. The van der Waals surface area contributed by atoms with Gasteiger partial charge in [-0.05, 0) is 106 Å². The van der Waals surface area contributed by atoms with Crippen molar-refractivity contribution in [3.05, 3.63) is 167 Å². The highest BCUT2D eigenvalue weighted by atomic mass is 19.1. The summed E-state index contributed by atoms with van der Waals surface area (Å²) >= 11 is 0. The van der Waals surface area contributed by atoms with Crippen molar-refractivity contribution in [2.75, 3.05) is 0 Å². The number of halogens is 2. The van der Waals surface area contributed by atoms with Crippen LogP contribution in [-0.4, -0.2) is 9.13 Å². The number of hydrogen-bond acceptors (Lipinski definition) is 2. The van der Waals surface area contributed by atoms with Crippen LogP contribution in [0.1, 0.15) is 63.8 Å². The molecular weight excluding hydrogens is 719 g/mol. The van der Waals surface area contributed by atoms with E-state index in [2.05, 4.69) is 101 Å². The molecular formula is C52H40F2N4. The molecule has 0 aliphatic heterocycles. The lowest BCUT2D eigenvalue weighted by Gasteiger charge is -2.24. The average Bonchev–Trinajstić information content (AvgIpc) is 3.70. The zero-order valence-corrected chi connectivity index (χ0v) is 33.2. The molecule has 0 aliphatic carbocycles. The second-order valence-corrected chi connectivity index (χ2v) is 17.2. The molecule has 0 saturated heterocycles. The molecule has 58 heavy (non-hydrogen) atoms. The van der Waals surface area contributed by atoms with E-state index in [4.69, 9.17) is 0 Å². The van der Waals surface area contributed by atoms with Crippen LogP contribution in [0, 0.1) is 34.3 Å². The summed E-state index contributed by atoms with van der Waals surface area (Å²) in [7, 11) is 0. The summed E-state index contributed by atoms with van der Waals surface area (Å²) in [4.78, 5) is 0. The molecule has 282 valence electrons. The molecule has 4 nitrogen and oxygen atoms in total. The van der Waals surface area contributed by atoms with Gasteiger partial charge in [-0.1, -0.05) is 102 Å². The van der Waals surface area contributed by atoms with Gasteiger partial charge in [-0.2, -0.15) is 10.5 Å². The van der Waals surface area contributed by atoms with Crippen molar-refractivity contribution in [2.45, 2.75) is 52.4 Å². The van der Waals surface area contributed by atoms with Crippen LogP contribution in [-0.2, 0) is 10.8 Å². The maximum Gasteiger partial charge on any atom is 0.125 e. The first-order valence-electron chi connectivity index (χ1n) is 19.4. The van der Waals surface area contributed by atoms with Gasteiger partial charge in [-0.15, -0.1) is 0 Å². The van der Waals surface area contributed by atoms with Crippen LogP contribution in [0.5, 0.6) is 0 Å². The first kappa shape index (κ1) is 36.6. The van der Waals surface area contributed by atoms with E-state index >= 15 is 8.78 Å². The Morgan fingerprint density at radius 1 is 0.414 bits per heavy atom. The van der Waals surface area contributed by atoms with Crippen LogP contribution in [0.2, 0.25) is 0 Å². The zero-order chi connectivity index (χ0) is 40.7. The van der Waals surface area contributed by atoms with Crippen molar-refractivity contribution in [3.63, 3.8) is 0 Å². The molecule has 0 bridgehead atoms. The molecule has 0 saturated carbocycles. The molecule has 0 spiro atoms. The lowest BCUT2D eigenvalue weighted by Crippen LogP contribution is -2.12. The predicted molar refractivity (Wildman–Crippen MR) is 233 cm³/mol. The fraction of sp³-hybridized carbons (Fsp3) is 0.154. The minimum absolute atomic E-state index is 0.168. The van der Waals surface area contributed by atoms with E-state index in [0.29, 0.717) is 44.5 Å². The van der Waals surface area contributed by atoms with Gasteiger partial charge in [0.1, 0.15) is 11.6 Å². The van der Waals surface area contributed by atoms with Crippen molar-refractivity contribution in [3.8, 4) is 45.8 Å². The largest absolute Gasteiger partial charge is 0.307 e. The number of hydrogen-bond donors (Lipinski definition) is 0. The maximum absolute atomic E-state index is 15.5. The van der Waals surface area contributed by atoms with Gasteiger partial charge in [0.25, 0.3) is 0 Å². The number of rotatable bonds is 4. The topological polar surface area (TPSA) is 57.4 Å². The average molecular weight is 759 g/mol. The summed E-state index contributed by atoms with van der Waals surface area (Å²) < 4.78 is 35.2. The summed E-state index contributed by atoms with van der Waals surface area (Å²) in [6.45, 7) is 13.2. The van der Waals surface area contributed by atoms with Crippen molar-refractivity contribution < 1.29 is 8.78 Å². The van der Waals surface area contributed by atoms with Gasteiger partial charge < -0.3 is 9.13 Å². The van der Waals surface area contributed by atoms with Crippen LogP contribution in [0.15, 0.2) is 133 Å².